The summed E-state index contributed by atoms with van der Waals surface area (Å²) < 4.78 is 4.22. The van der Waals surface area contributed by atoms with Crippen LogP contribution in [-0.2, 0) is 14.3 Å². The Morgan fingerprint density at radius 1 is 1.70 bits per heavy atom. The number of alkyl halides is 1. The van der Waals surface area contributed by atoms with Crippen molar-refractivity contribution >= 4 is 27.7 Å². The Balaban J connectivity index is 3.94. The number of carbonyl (C=O) groups is 2. The van der Waals surface area contributed by atoms with E-state index in [2.05, 4.69) is 20.7 Å². The van der Waals surface area contributed by atoms with Crippen LogP contribution in [0.4, 0.5) is 0 Å². The van der Waals surface area contributed by atoms with E-state index in [1.54, 1.807) is 0 Å². The quantitative estimate of drug-likeness (QED) is 0.387. The van der Waals surface area contributed by atoms with Gasteiger partial charge in [0, 0.05) is 0 Å². The summed E-state index contributed by atoms with van der Waals surface area (Å²) in [6.45, 7) is -0.662. The SMILES string of the molecule is COC(=O)C(Br)C(=O)CO. The molecule has 58 valence electrons. The van der Waals surface area contributed by atoms with E-state index in [0.717, 1.165) is 0 Å². The lowest BCUT2D eigenvalue weighted by Crippen LogP contribution is -2.27. The fourth-order valence-electron chi connectivity index (χ4n) is 0.315. The van der Waals surface area contributed by atoms with Crippen LogP contribution in [-0.4, -0.2) is 35.4 Å². The Morgan fingerprint density at radius 3 is 2.50 bits per heavy atom. The largest absolute Gasteiger partial charge is 0.468 e. The highest BCUT2D eigenvalue weighted by molar-refractivity contribution is 9.10. The summed E-state index contributed by atoms with van der Waals surface area (Å²) in [4.78, 5) is 20.0. The van der Waals surface area contributed by atoms with Crippen molar-refractivity contribution in [3.63, 3.8) is 0 Å². The topological polar surface area (TPSA) is 63.6 Å². The molecule has 0 rings (SSSR count). The summed E-state index contributed by atoms with van der Waals surface area (Å²) >= 11 is 2.74. The molecule has 0 aliphatic heterocycles. The monoisotopic (exact) mass is 210 g/mol. The Bertz CT molecular complexity index is 129. The predicted molar refractivity (Wildman–Crippen MR) is 36.8 cm³/mol. The highest BCUT2D eigenvalue weighted by Crippen LogP contribution is 2.02. The molecule has 0 radical (unpaired) electrons. The maximum atomic E-state index is 10.5. The van der Waals surface area contributed by atoms with E-state index in [0.29, 0.717) is 0 Å². The molecule has 0 spiro atoms. The number of aliphatic hydroxyl groups excluding tert-OH is 1. The van der Waals surface area contributed by atoms with Gasteiger partial charge in [-0.2, -0.15) is 0 Å². The van der Waals surface area contributed by atoms with Crippen molar-refractivity contribution in [3.8, 4) is 0 Å². The number of rotatable bonds is 3. The number of Topliss-reactive ketones (excluding diaryl/α,β-unsaturated/α-hetero) is 1. The molecule has 0 heterocycles. The van der Waals surface area contributed by atoms with Crippen molar-refractivity contribution in [1.82, 2.24) is 0 Å². The van der Waals surface area contributed by atoms with E-state index >= 15 is 0 Å². The number of methoxy groups -OCH3 is 1. The van der Waals surface area contributed by atoms with Gasteiger partial charge in [0.05, 0.1) is 7.11 Å². The van der Waals surface area contributed by atoms with Crippen LogP contribution in [0.3, 0.4) is 0 Å². The van der Waals surface area contributed by atoms with Gasteiger partial charge in [0.1, 0.15) is 6.61 Å². The average molecular weight is 211 g/mol. The second-order valence-corrected chi connectivity index (χ2v) is 2.43. The van der Waals surface area contributed by atoms with Gasteiger partial charge in [-0.05, 0) is 0 Å². The van der Waals surface area contributed by atoms with Gasteiger partial charge in [0.25, 0.3) is 0 Å². The molecule has 4 nitrogen and oxygen atoms in total. The van der Waals surface area contributed by atoms with E-state index < -0.39 is 23.2 Å². The molecule has 0 fully saturated rings. The lowest BCUT2D eigenvalue weighted by Gasteiger charge is -2.02. The Kier molecular flexibility index (Phi) is 4.22. The number of esters is 1. The first-order valence-corrected chi connectivity index (χ1v) is 3.40. The molecular formula is C5H7BrO4. The molecule has 0 saturated carbocycles. The Hall–Kier alpha value is -0.420. The van der Waals surface area contributed by atoms with E-state index in [-0.39, 0.29) is 0 Å². The smallest absolute Gasteiger partial charge is 0.327 e. The average Bonchev–Trinajstić information content (AvgIpc) is 2.00. The van der Waals surface area contributed by atoms with Crippen LogP contribution >= 0.6 is 15.9 Å². The van der Waals surface area contributed by atoms with Crippen LogP contribution in [0, 0.1) is 0 Å². The fourth-order valence-corrected chi connectivity index (χ4v) is 0.647. The Labute approximate surface area is 66.3 Å². The third-order valence-corrected chi connectivity index (χ3v) is 1.73. The van der Waals surface area contributed by atoms with E-state index in [4.69, 9.17) is 5.11 Å². The maximum Gasteiger partial charge on any atom is 0.327 e. The van der Waals surface area contributed by atoms with Gasteiger partial charge >= 0.3 is 5.97 Å². The van der Waals surface area contributed by atoms with Crippen LogP contribution in [0.25, 0.3) is 0 Å². The molecule has 10 heavy (non-hydrogen) atoms. The number of hydrogen-bond acceptors (Lipinski definition) is 4. The highest BCUT2D eigenvalue weighted by atomic mass is 79.9. The summed E-state index contributed by atoms with van der Waals surface area (Å²) in [7, 11) is 1.17. The van der Waals surface area contributed by atoms with E-state index in [1.807, 2.05) is 0 Å². The van der Waals surface area contributed by atoms with Gasteiger partial charge in [-0.1, -0.05) is 15.9 Å². The van der Waals surface area contributed by atoms with Crippen LogP contribution in [0.5, 0.6) is 0 Å². The number of halogens is 1. The van der Waals surface area contributed by atoms with E-state index in [1.165, 1.54) is 7.11 Å². The number of hydrogen-bond donors (Lipinski definition) is 1. The lowest BCUT2D eigenvalue weighted by atomic mass is 10.3. The van der Waals surface area contributed by atoms with Crippen molar-refractivity contribution in [2.75, 3.05) is 13.7 Å². The number of ketones is 1. The molecule has 0 amide bonds. The summed E-state index contributed by atoms with van der Waals surface area (Å²) in [5.41, 5.74) is 0. The molecule has 0 aromatic carbocycles. The van der Waals surface area contributed by atoms with Gasteiger partial charge < -0.3 is 9.84 Å². The number of ether oxygens (including phenoxy) is 1. The van der Waals surface area contributed by atoms with Crippen LogP contribution in [0.1, 0.15) is 0 Å². The summed E-state index contributed by atoms with van der Waals surface area (Å²) in [6, 6.07) is 0. The molecule has 0 aliphatic rings. The normalized spacial score (nSPS) is 12.3. The molecule has 0 aliphatic carbocycles. The number of carbonyl (C=O) groups excluding carboxylic acids is 2. The van der Waals surface area contributed by atoms with Crippen molar-refractivity contribution in [2.45, 2.75) is 4.83 Å². The minimum Gasteiger partial charge on any atom is -0.468 e. The van der Waals surface area contributed by atoms with Gasteiger partial charge in [-0.25, -0.2) is 0 Å². The van der Waals surface area contributed by atoms with Crippen molar-refractivity contribution in [2.24, 2.45) is 0 Å². The summed E-state index contributed by atoms with van der Waals surface area (Å²) in [6.07, 6.45) is 0. The molecule has 1 N–H and O–H groups in total. The first kappa shape index (κ1) is 9.58. The standard InChI is InChI=1S/C5H7BrO4/c1-10-5(9)4(6)3(8)2-7/h4,7H,2H2,1H3. The molecule has 0 aromatic heterocycles. The minimum absolute atomic E-state index is 0.605. The van der Waals surface area contributed by atoms with Crippen molar-refractivity contribution < 1.29 is 19.4 Å². The van der Waals surface area contributed by atoms with Gasteiger partial charge in [0.2, 0.25) is 0 Å². The zero-order valence-corrected chi connectivity index (χ0v) is 6.92. The van der Waals surface area contributed by atoms with Gasteiger partial charge in [-0.15, -0.1) is 0 Å². The second kappa shape index (κ2) is 4.40. The van der Waals surface area contributed by atoms with Crippen LogP contribution in [0.2, 0.25) is 0 Å². The first-order chi connectivity index (χ1) is 4.63. The third kappa shape index (κ3) is 2.45. The van der Waals surface area contributed by atoms with Crippen molar-refractivity contribution in [3.05, 3.63) is 0 Å². The summed E-state index contributed by atoms with van der Waals surface area (Å²) in [5.74, 6) is -1.30. The fraction of sp³-hybridized carbons (Fsp3) is 0.600. The lowest BCUT2D eigenvalue weighted by molar-refractivity contribution is -0.142. The molecule has 5 heteroatoms. The maximum absolute atomic E-state index is 10.5. The van der Waals surface area contributed by atoms with Gasteiger partial charge in [0.15, 0.2) is 10.6 Å². The van der Waals surface area contributed by atoms with E-state index in [9.17, 15) is 9.59 Å². The van der Waals surface area contributed by atoms with Gasteiger partial charge in [-0.3, -0.25) is 9.59 Å². The highest BCUT2D eigenvalue weighted by Gasteiger charge is 2.22. The number of aliphatic hydroxyl groups is 1. The molecule has 1 atom stereocenters. The van der Waals surface area contributed by atoms with Crippen LogP contribution in [0.15, 0.2) is 0 Å². The molecule has 1 unspecified atom stereocenters. The Morgan fingerprint density at radius 2 is 2.20 bits per heavy atom. The first-order valence-electron chi connectivity index (χ1n) is 2.49. The van der Waals surface area contributed by atoms with Crippen molar-refractivity contribution in [1.29, 1.82) is 0 Å². The third-order valence-electron chi connectivity index (χ3n) is 0.847. The second-order valence-electron chi connectivity index (χ2n) is 1.51. The zero-order chi connectivity index (χ0) is 8.15. The molecule has 0 bridgehead atoms. The molecule has 0 saturated heterocycles. The molecule has 0 aromatic rings. The molecular weight excluding hydrogens is 204 g/mol. The zero-order valence-electron chi connectivity index (χ0n) is 5.33. The van der Waals surface area contributed by atoms with Crippen LogP contribution < -0.4 is 0 Å². The minimum atomic E-state index is -1.04. The predicted octanol–water partition coefficient (Wildman–Crippen LogP) is -0.516. The summed E-state index contributed by atoms with van der Waals surface area (Å²) in [5, 5.41) is 8.26.